The van der Waals surface area contributed by atoms with Crippen molar-refractivity contribution < 1.29 is 14.1 Å². The molecule has 1 aliphatic heterocycles. The van der Waals surface area contributed by atoms with E-state index in [0.717, 1.165) is 12.1 Å². The molecule has 0 saturated carbocycles. The van der Waals surface area contributed by atoms with Crippen LogP contribution in [0.3, 0.4) is 0 Å². The fourth-order valence-corrected chi connectivity index (χ4v) is 1.63. The molecule has 0 aromatic heterocycles. The number of anilines is 1. The second-order valence-electron chi connectivity index (χ2n) is 3.52. The summed E-state index contributed by atoms with van der Waals surface area (Å²) in [4.78, 5) is 19.0. The summed E-state index contributed by atoms with van der Waals surface area (Å²) in [7, 11) is 1.33. The quantitative estimate of drug-likeness (QED) is 0.484. The summed E-state index contributed by atoms with van der Waals surface area (Å²) in [6.07, 6.45) is 1.34. The summed E-state index contributed by atoms with van der Waals surface area (Å²) in [6, 6.07) is 2.01. The molecule has 0 unspecified atom stereocenters. The highest BCUT2D eigenvalue weighted by atomic mass is 35.5. The van der Waals surface area contributed by atoms with Crippen LogP contribution < -0.4 is 9.64 Å². The zero-order chi connectivity index (χ0) is 14.0. The molecule has 0 spiro atoms. The Balaban J connectivity index is 2.47. The average molecular weight is 287 g/mol. The van der Waals surface area contributed by atoms with Gasteiger partial charge in [0.2, 0.25) is 11.1 Å². The van der Waals surface area contributed by atoms with Gasteiger partial charge in [0.05, 0.1) is 17.7 Å². The molecule has 0 fully saturated rings. The van der Waals surface area contributed by atoms with E-state index < -0.39 is 16.4 Å². The number of rotatable bonds is 3. The van der Waals surface area contributed by atoms with Gasteiger partial charge in [-0.05, 0) is 11.6 Å². The third kappa shape index (κ3) is 2.63. The van der Waals surface area contributed by atoms with Crippen LogP contribution in [0, 0.1) is 15.9 Å². The fourth-order valence-electron chi connectivity index (χ4n) is 1.53. The first-order valence-electron chi connectivity index (χ1n) is 5.05. The van der Waals surface area contributed by atoms with Crippen LogP contribution in [0.4, 0.5) is 15.8 Å². The van der Waals surface area contributed by atoms with Gasteiger partial charge >= 0.3 is 5.69 Å². The molecule has 0 N–H and O–H groups in total. The lowest BCUT2D eigenvalue weighted by Crippen LogP contribution is -2.25. The number of aliphatic imine (C=N–C) groups is 2. The van der Waals surface area contributed by atoms with Gasteiger partial charge in [0.25, 0.3) is 0 Å². The Kier molecular flexibility index (Phi) is 3.61. The van der Waals surface area contributed by atoms with E-state index in [1.165, 1.54) is 18.3 Å². The molecule has 0 amide bonds. The highest BCUT2D eigenvalue weighted by Gasteiger charge is 2.22. The first-order chi connectivity index (χ1) is 9.02. The van der Waals surface area contributed by atoms with Gasteiger partial charge in [-0.3, -0.25) is 10.1 Å². The normalized spacial score (nSPS) is 14.3. The van der Waals surface area contributed by atoms with Gasteiger partial charge in [0.1, 0.15) is 18.8 Å². The number of nitro groups is 1. The lowest BCUT2D eigenvalue weighted by molar-refractivity contribution is -0.387. The van der Waals surface area contributed by atoms with E-state index in [9.17, 15) is 14.5 Å². The minimum absolute atomic E-state index is 0.0758. The van der Waals surface area contributed by atoms with Crippen molar-refractivity contribution in [2.45, 2.75) is 0 Å². The van der Waals surface area contributed by atoms with Crippen molar-refractivity contribution in [2.75, 3.05) is 18.7 Å². The Hall–Kier alpha value is -2.22. The van der Waals surface area contributed by atoms with Gasteiger partial charge in [-0.1, -0.05) is 0 Å². The van der Waals surface area contributed by atoms with Crippen molar-refractivity contribution in [1.82, 2.24) is 0 Å². The molecule has 1 aliphatic rings. The lowest BCUT2D eigenvalue weighted by Gasteiger charge is -2.21. The van der Waals surface area contributed by atoms with Crippen LogP contribution in [0.1, 0.15) is 0 Å². The van der Waals surface area contributed by atoms with Crippen molar-refractivity contribution in [3.63, 3.8) is 0 Å². The summed E-state index contributed by atoms with van der Waals surface area (Å²) < 4.78 is 18.5. The predicted molar refractivity (Wildman–Crippen MR) is 68.7 cm³/mol. The van der Waals surface area contributed by atoms with Gasteiger partial charge in [0, 0.05) is 12.1 Å². The van der Waals surface area contributed by atoms with E-state index in [2.05, 4.69) is 9.98 Å². The number of methoxy groups -OCH3 is 1. The minimum atomic E-state index is -0.971. The van der Waals surface area contributed by atoms with Gasteiger partial charge < -0.3 is 9.64 Å². The van der Waals surface area contributed by atoms with E-state index >= 15 is 0 Å². The average Bonchev–Trinajstić information content (AvgIpc) is 2.39. The summed E-state index contributed by atoms with van der Waals surface area (Å²) in [5.74, 6) is -0.830. The Morgan fingerprint density at radius 2 is 2.32 bits per heavy atom. The van der Waals surface area contributed by atoms with Crippen LogP contribution in [0.5, 0.6) is 5.75 Å². The third-order valence-corrected chi connectivity index (χ3v) is 2.63. The van der Waals surface area contributed by atoms with E-state index in [0.29, 0.717) is 0 Å². The summed E-state index contributed by atoms with van der Waals surface area (Å²) in [5, 5.41) is 10.8. The summed E-state index contributed by atoms with van der Waals surface area (Å²) in [6.45, 7) is 0.113. The van der Waals surface area contributed by atoms with Crippen molar-refractivity contribution in [2.24, 2.45) is 9.98 Å². The Labute approximate surface area is 112 Å². The lowest BCUT2D eigenvalue weighted by atomic mass is 10.2. The Morgan fingerprint density at radius 3 is 2.84 bits per heavy atom. The van der Waals surface area contributed by atoms with Gasteiger partial charge in [-0.25, -0.2) is 9.98 Å². The molecule has 0 aliphatic carbocycles. The molecule has 7 nitrogen and oxygen atoms in total. The maximum Gasteiger partial charge on any atom is 0.307 e. The molecule has 1 aromatic carbocycles. The summed E-state index contributed by atoms with van der Waals surface area (Å²) >= 11 is 5.58. The van der Waals surface area contributed by atoms with E-state index in [4.69, 9.17) is 16.3 Å². The smallest absolute Gasteiger partial charge is 0.307 e. The van der Waals surface area contributed by atoms with Gasteiger partial charge in [-0.15, -0.1) is 0 Å². The van der Waals surface area contributed by atoms with E-state index in [1.807, 2.05) is 0 Å². The number of benzene rings is 1. The highest BCUT2D eigenvalue weighted by Crippen LogP contribution is 2.34. The minimum Gasteiger partial charge on any atom is -0.494 e. The maximum absolute atomic E-state index is 13.5. The summed E-state index contributed by atoms with van der Waals surface area (Å²) in [5.41, 5.74) is -0.364. The molecule has 9 heteroatoms. The van der Waals surface area contributed by atoms with Crippen LogP contribution in [0.15, 0.2) is 22.1 Å². The van der Waals surface area contributed by atoms with Gasteiger partial charge in [-0.2, -0.15) is 4.39 Å². The molecular formula is C10H8ClFN4O3. The second-order valence-corrected chi connectivity index (χ2v) is 3.85. The van der Waals surface area contributed by atoms with Crippen molar-refractivity contribution in [1.29, 1.82) is 0 Å². The zero-order valence-corrected chi connectivity index (χ0v) is 10.5. The molecule has 1 heterocycles. The topological polar surface area (TPSA) is 80.3 Å². The Morgan fingerprint density at radius 1 is 1.58 bits per heavy atom. The number of amidine groups is 1. The van der Waals surface area contributed by atoms with Crippen LogP contribution in [-0.4, -0.2) is 30.3 Å². The predicted octanol–water partition coefficient (Wildman–Crippen LogP) is 2.14. The maximum atomic E-state index is 13.5. The first kappa shape index (κ1) is 13.2. The van der Waals surface area contributed by atoms with E-state index in [1.54, 1.807) is 0 Å². The zero-order valence-electron chi connectivity index (χ0n) is 9.71. The van der Waals surface area contributed by atoms with Crippen molar-refractivity contribution in [3.05, 3.63) is 28.1 Å². The van der Waals surface area contributed by atoms with Crippen molar-refractivity contribution >= 4 is 34.6 Å². The molecule has 100 valence electrons. The highest BCUT2D eigenvalue weighted by molar-refractivity contribution is 6.65. The molecule has 0 bridgehead atoms. The third-order valence-electron chi connectivity index (χ3n) is 2.41. The molecule has 1 aromatic rings. The Bertz CT molecular complexity index is 590. The van der Waals surface area contributed by atoms with Crippen molar-refractivity contribution in [3.8, 4) is 5.75 Å². The fraction of sp³-hybridized carbons (Fsp3) is 0.200. The molecule has 0 saturated heterocycles. The van der Waals surface area contributed by atoms with Crippen LogP contribution >= 0.6 is 11.6 Å². The number of nitro benzene ring substituents is 1. The molecular weight excluding hydrogens is 279 g/mol. The monoisotopic (exact) mass is 286 g/mol. The van der Waals surface area contributed by atoms with E-state index in [-0.39, 0.29) is 23.4 Å². The SMILES string of the molecule is COc1cc(F)c([N+](=O)[O-])cc1N1C=NC(Cl)=NC1. The molecule has 19 heavy (non-hydrogen) atoms. The molecule has 0 atom stereocenters. The number of ether oxygens (including phenoxy) is 1. The number of hydrogen-bond acceptors (Lipinski definition) is 6. The largest absolute Gasteiger partial charge is 0.494 e. The van der Waals surface area contributed by atoms with Crippen LogP contribution in [0.25, 0.3) is 0 Å². The second kappa shape index (κ2) is 5.19. The first-order valence-corrected chi connectivity index (χ1v) is 5.43. The molecule has 0 radical (unpaired) electrons. The number of nitrogens with zero attached hydrogens (tertiary/aromatic N) is 4. The van der Waals surface area contributed by atoms with Crippen LogP contribution in [0.2, 0.25) is 0 Å². The van der Waals surface area contributed by atoms with Crippen LogP contribution in [-0.2, 0) is 0 Å². The molecule has 2 rings (SSSR count). The van der Waals surface area contributed by atoms with Gasteiger partial charge in [0.15, 0.2) is 0 Å². The standard InChI is InChI=1S/C10H8ClFN4O3/c1-19-9-2-6(12)7(16(17)18)3-8(9)15-4-13-10(11)14-5-15/h2-4H,5H2,1H3. The number of hydrogen-bond donors (Lipinski definition) is 0. The number of halogens is 2.